The van der Waals surface area contributed by atoms with Crippen molar-refractivity contribution in [2.75, 3.05) is 32.4 Å². The summed E-state index contributed by atoms with van der Waals surface area (Å²) in [5, 5.41) is 0. The van der Waals surface area contributed by atoms with Crippen LogP contribution >= 0.6 is 12.6 Å². The van der Waals surface area contributed by atoms with E-state index in [9.17, 15) is 13.2 Å². The van der Waals surface area contributed by atoms with Crippen molar-refractivity contribution in [3.8, 4) is 0 Å². The number of alkyl halides is 3. The van der Waals surface area contributed by atoms with E-state index < -0.39 is 15.6 Å². The van der Waals surface area contributed by atoms with Crippen LogP contribution in [-0.4, -0.2) is 55.4 Å². The zero-order valence-corrected chi connectivity index (χ0v) is 23.7. The molecule has 0 aromatic heterocycles. The number of rotatable bonds is 21. The summed E-state index contributed by atoms with van der Waals surface area (Å²) >= 11 is 4.33. The first-order valence-corrected chi connectivity index (χ1v) is 15.4. The Morgan fingerprint density at radius 3 is 1.18 bits per heavy atom. The van der Waals surface area contributed by atoms with E-state index in [2.05, 4.69) is 33.5 Å². The normalized spacial score (nSPS) is 12.5. The molecule has 34 heavy (non-hydrogen) atoms. The highest BCUT2D eigenvalue weighted by atomic mass is 32.2. The largest absolute Gasteiger partial charge is 0.741 e. The number of nitrogens with zero attached hydrogens (tertiary/aromatic N) is 1. The van der Waals surface area contributed by atoms with Crippen LogP contribution in [0.3, 0.4) is 0 Å². The molecule has 0 saturated carbocycles. The predicted molar refractivity (Wildman–Crippen MR) is 140 cm³/mol. The van der Waals surface area contributed by atoms with Gasteiger partial charge < -0.3 is 9.04 Å². The number of thiol groups is 1. The van der Waals surface area contributed by atoms with Gasteiger partial charge in [-0.15, -0.1) is 0 Å². The lowest BCUT2D eigenvalue weighted by molar-refractivity contribution is -0.910. The highest BCUT2D eigenvalue weighted by molar-refractivity contribution is 7.86. The topological polar surface area (TPSA) is 57.2 Å². The molecular formula is C25H52F3NO3S2. The van der Waals surface area contributed by atoms with E-state index in [1.54, 1.807) is 0 Å². The van der Waals surface area contributed by atoms with Crippen molar-refractivity contribution in [2.24, 2.45) is 0 Å². The predicted octanol–water partition coefficient (Wildman–Crippen LogP) is 8.09. The Bertz CT molecular complexity index is 503. The molecule has 9 heteroatoms. The van der Waals surface area contributed by atoms with Crippen LogP contribution in [0.15, 0.2) is 0 Å². The summed E-state index contributed by atoms with van der Waals surface area (Å²) in [6, 6.07) is 0. The molecule has 0 bridgehead atoms. The summed E-state index contributed by atoms with van der Waals surface area (Å²) < 4.78 is 60.2. The van der Waals surface area contributed by atoms with Gasteiger partial charge in [0.05, 0.1) is 26.7 Å². The maximum Gasteiger partial charge on any atom is 0.485 e. The third-order valence-corrected chi connectivity index (χ3v) is 7.13. The molecule has 208 valence electrons. The molecule has 4 nitrogen and oxygen atoms in total. The van der Waals surface area contributed by atoms with Gasteiger partial charge in [-0.05, 0) is 50.7 Å². The molecule has 0 aromatic carbocycles. The average Bonchev–Trinajstić information content (AvgIpc) is 2.75. The number of hydrogen-bond acceptors (Lipinski definition) is 4. The Morgan fingerprint density at radius 2 is 0.912 bits per heavy atom. The summed E-state index contributed by atoms with van der Waals surface area (Å²) in [5.74, 6) is 1.06. The quantitative estimate of drug-likeness (QED) is 0.0531. The van der Waals surface area contributed by atoms with Crippen molar-refractivity contribution >= 4 is 22.7 Å². The van der Waals surface area contributed by atoms with Crippen LogP contribution < -0.4 is 0 Å². The van der Waals surface area contributed by atoms with Crippen LogP contribution in [0.1, 0.15) is 123 Å². The molecule has 0 aliphatic carbocycles. The number of quaternary nitrogens is 1. The Kier molecular flexibility index (Phi) is 23.6. The SMILES string of the molecule is CCCCCCCC[N+](C)(CCCCCCCC)CCCCCCCS.O=S(=O)([O-])C(F)(F)F. The molecule has 0 amide bonds. The van der Waals surface area contributed by atoms with E-state index in [1.807, 2.05) is 0 Å². The molecule has 0 radical (unpaired) electrons. The smallest absolute Gasteiger partial charge is 0.485 e. The van der Waals surface area contributed by atoms with Crippen molar-refractivity contribution in [3.05, 3.63) is 0 Å². The van der Waals surface area contributed by atoms with Crippen LogP contribution in [0.2, 0.25) is 0 Å². The third-order valence-electron chi connectivity index (χ3n) is 6.24. The number of unbranched alkanes of at least 4 members (excludes halogenated alkanes) is 14. The molecule has 0 aliphatic rings. The Morgan fingerprint density at radius 1 is 0.647 bits per heavy atom. The van der Waals surface area contributed by atoms with Gasteiger partial charge in [-0.2, -0.15) is 25.8 Å². The second-order valence-corrected chi connectivity index (χ2v) is 11.5. The fraction of sp³-hybridized carbons (Fsp3) is 1.00. The van der Waals surface area contributed by atoms with Gasteiger partial charge in [-0.3, -0.25) is 0 Å². The lowest BCUT2D eigenvalue weighted by Crippen LogP contribution is -2.46. The second-order valence-electron chi connectivity index (χ2n) is 9.72. The third kappa shape index (κ3) is 23.7. The molecule has 0 saturated heterocycles. The molecule has 0 aromatic rings. The van der Waals surface area contributed by atoms with Gasteiger partial charge in [-0.1, -0.05) is 78.1 Å². The van der Waals surface area contributed by atoms with E-state index in [1.165, 1.54) is 133 Å². The summed E-state index contributed by atoms with van der Waals surface area (Å²) in [5.41, 5.74) is -5.65. The summed E-state index contributed by atoms with van der Waals surface area (Å²) in [6.45, 7) is 8.86. The minimum Gasteiger partial charge on any atom is -0.741 e. The highest BCUT2D eigenvalue weighted by Gasteiger charge is 2.36. The fourth-order valence-electron chi connectivity index (χ4n) is 4.02. The van der Waals surface area contributed by atoms with Gasteiger partial charge in [-0.25, -0.2) is 8.42 Å². The second kappa shape index (κ2) is 22.2. The molecule has 0 fully saturated rings. The molecular weight excluding hydrogens is 483 g/mol. The standard InChI is InChI=1S/C24H51NS.CHF3O3S/c1-4-6-8-10-13-17-21-25(3,22-18-14-11-9-7-5-2)23-19-15-12-16-20-24-26;2-1(3,4)8(5,6)7/h4-24H2,1-3H3;(H,5,6,7). The zero-order valence-electron chi connectivity index (χ0n) is 22.0. The highest BCUT2D eigenvalue weighted by Crippen LogP contribution is 2.20. The van der Waals surface area contributed by atoms with E-state index in [4.69, 9.17) is 13.0 Å². The number of hydrogen-bond donors (Lipinski definition) is 1. The van der Waals surface area contributed by atoms with Gasteiger partial charge in [0.2, 0.25) is 0 Å². The minimum atomic E-state index is -6.09. The van der Waals surface area contributed by atoms with Gasteiger partial charge in [0, 0.05) is 0 Å². The van der Waals surface area contributed by atoms with Gasteiger partial charge in [0.1, 0.15) is 0 Å². The van der Waals surface area contributed by atoms with Crippen LogP contribution in [0.25, 0.3) is 0 Å². The maximum atomic E-state index is 10.7. The molecule has 0 rings (SSSR count). The molecule has 0 spiro atoms. The van der Waals surface area contributed by atoms with Crippen molar-refractivity contribution < 1.29 is 30.6 Å². The van der Waals surface area contributed by atoms with Gasteiger partial charge in [0.15, 0.2) is 10.1 Å². The van der Waals surface area contributed by atoms with Crippen molar-refractivity contribution in [1.82, 2.24) is 0 Å². The van der Waals surface area contributed by atoms with Gasteiger partial charge >= 0.3 is 5.51 Å². The Hall–Kier alpha value is 0.01000. The lowest BCUT2D eigenvalue weighted by Gasteiger charge is -2.35. The van der Waals surface area contributed by atoms with Crippen LogP contribution in [0.5, 0.6) is 0 Å². The van der Waals surface area contributed by atoms with E-state index in [0.29, 0.717) is 0 Å². The summed E-state index contributed by atoms with van der Waals surface area (Å²) in [7, 11) is -3.54. The molecule has 0 aliphatic heterocycles. The summed E-state index contributed by atoms with van der Waals surface area (Å²) in [6.07, 6.45) is 24.1. The monoisotopic (exact) mass is 535 g/mol. The van der Waals surface area contributed by atoms with Crippen LogP contribution in [0.4, 0.5) is 13.2 Å². The first-order valence-electron chi connectivity index (χ1n) is 13.4. The maximum absolute atomic E-state index is 10.7. The van der Waals surface area contributed by atoms with E-state index in [0.717, 1.165) is 5.75 Å². The molecule has 0 N–H and O–H groups in total. The van der Waals surface area contributed by atoms with Crippen LogP contribution in [-0.2, 0) is 10.1 Å². The van der Waals surface area contributed by atoms with Gasteiger partial charge in [0.25, 0.3) is 0 Å². The van der Waals surface area contributed by atoms with E-state index in [-0.39, 0.29) is 0 Å². The van der Waals surface area contributed by atoms with Crippen molar-refractivity contribution in [2.45, 2.75) is 129 Å². The Balaban J connectivity index is 0. The molecule has 0 unspecified atom stereocenters. The summed E-state index contributed by atoms with van der Waals surface area (Å²) in [4.78, 5) is 0. The van der Waals surface area contributed by atoms with E-state index >= 15 is 0 Å². The first kappa shape index (κ1) is 36.2. The van der Waals surface area contributed by atoms with Crippen LogP contribution in [0, 0.1) is 0 Å². The first-order chi connectivity index (χ1) is 15.9. The fourth-order valence-corrected chi connectivity index (χ4v) is 4.24. The molecule has 0 atom stereocenters. The van der Waals surface area contributed by atoms with Crippen molar-refractivity contribution in [1.29, 1.82) is 0 Å². The minimum absolute atomic E-state index is 1.06. The zero-order chi connectivity index (χ0) is 26.3. The van der Waals surface area contributed by atoms with Crippen molar-refractivity contribution in [3.63, 3.8) is 0 Å². The Labute approximate surface area is 214 Å². The lowest BCUT2D eigenvalue weighted by atomic mass is 10.1. The number of halogens is 3. The molecule has 0 heterocycles. The average molecular weight is 536 g/mol.